The maximum Gasteiger partial charge on any atom is 0.170 e. The molecule has 0 spiro atoms. The average molecular weight is 325 g/mol. The first-order chi connectivity index (χ1) is 9.01. The summed E-state index contributed by atoms with van der Waals surface area (Å²) < 4.78 is 15.6. The van der Waals surface area contributed by atoms with Crippen molar-refractivity contribution in [1.29, 1.82) is 0 Å². The molecule has 1 aromatic carbocycles. The molecule has 2 aromatic rings. The topological polar surface area (TPSA) is 34.9 Å². The molecule has 0 aliphatic rings. The standard InChI is InChI=1S/C14H14BrFN2O/c1-3-18-11(6-9(2)17-18)8-14(19)12-7-10(16)4-5-13(12)15/h4-7H,3,8H2,1-2H3. The van der Waals surface area contributed by atoms with Crippen LogP contribution in [0.15, 0.2) is 28.7 Å². The fourth-order valence-electron chi connectivity index (χ4n) is 1.99. The summed E-state index contributed by atoms with van der Waals surface area (Å²) in [7, 11) is 0. The number of aryl methyl sites for hydroxylation is 2. The first kappa shape index (κ1) is 13.9. The molecule has 0 saturated heterocycles. The van der Waals surface area contributed by atoms with Crippen LogP contribution in [0, 0.1) is 12.7 Å². The molecule has 0 unspecified atom stereocenters. The number of ketones is 1. The smallest absolute Gasteiger partial charge is 0.170 e. The highest BCUT2D eigenvalue weighted by Gasteiger charge is 2.15. The number of nitrogens with zero attached hydrogens (tertiary/aromatic N) is 2. The minimum atomic E-state index is -0.410. The highest BCUT2D eigenvalue weighted by Crippen LogP contribution is 2.20. The second kappa shape index (κ2) is 5.65. The van der Waals surface area contributed by atoms with E-state index in [1.165, 1.54) is 12.1 Å². The highest BCUT2D eigenvalue weighted by molar-refractivity contribution is 9.10. The Labute approximate surface area is 119 Å². The van der Waals surface area contributed by atoms with E-state index in [1.807, 2.05) is 19.9 Å². The van der Waals surface area contributed by atoms with Crippen LogP contribution in [-0.2, 0) is 13.0 Å². The van der Waals surface area contributed by atoms with E-state index in [0.29, 0.717) is 16.6 Å². The summed E-state index contributed by atoms with van der Waals surface area (Å²) in [4.78, 5) is 12.2. The van der Waals surface area contributed by atoms with E-state index in [4.69, 9.17) is 0 Å². The number of carbonyl (C=O) groups is 1. The lowest BCUT2D eigenvalue weighted by atomic mass is 10.1. The van der Waals surface area contributed by atoms with Crippen molar-refractivity contribution in [2.24, 2.45) is 0 Å². The third-order valence-electron chi connectivity index (χ3n) is 2.86. The predicted octanol–water partition coefficient (Wildman–Crippen LogP) is 3.54. The SMILES string of the molecule is CCn1nc(C)cc1CC(=O)c1cc(F)ccc1Br. The van der Waals surface area contributed by atoms with E-state index in [0.717, 1.165) is 11.4 Å². The molecule has 0 bridgehead atoms. The van der Waals surface area contributed by atoms with Gasteiger partial charge in [-0.1, -0.05) is 15.9 Å². The number of rotatable bonds is 4. The number of carbonyl (C=O) groups excluding carboxylic acids is 1. The predicted molar refractivity (Wildman–Crippen MR) is 74.8 cm³/mol. The van der Waals surface area contributed by atoms with Gasteiger partial charge >= 0.3 is 0 Å². The molecule has 1 aromatic heterocycles. The minimum Gasteiger partial charge on any atom is -0.294 e. The quantitative estimate of drug-likeness (QED) is 0.806. The van der Waals surface area contributed by atoms with E-state index in [2.05, 4.69) is 21.0 Å². The van der Waals surface area contributed by atoms with Crippen LogP contribution in [0.4, 0.5) is 4.39 Å². The monoisotopic (exact) mass is 324 g/mol. The molecule has 2 rings (SSSR count). The van der Waals surface area contributed by atoms with Gasteiger partial charge in [-0.05, 0) is 38.1 Å². The molecule has 0 N–H and O–H groups in total. The summed E-state index contributed by atoms with van der Waals surface area (Å²) in [6, 6.07) is 6.01. The maximum absolute atomic E-state index is 13.2. The molecule has 5 heteroatoms. The van der Waals surface area contributed by atoms with E-state index >= 15 is 0 Å². The zero-order valence-corrected chi connectivity index (χ0v) is 12.4. The molecule has 0 fully saturated rings. The number of halogens is 2. The van der Waals surface area contributed by atoms with Crippen molar-refractivity contribution in [1.82, 2.24) is 9.78 Å². The maximum atomic E-state index is 13.2. The lowest BCUT2D eigenvalue weighted by Crippen LogP contribution is -2.10. The van der Waals surface area contributed by atoms with Gasteiger partial charge in [0.25, 0.3) is 0 Å². The Balaban J connectivity index is 2.27. The number of Topliss-reactive ketones (excluding diaryl/α,β-unsaturated/α-hetero) is 1. The van der Waals surface area contributed by atoms with Crippen molar-refractivity contribution in [3.63, 3.8) is 0 Å². The van der Waals surface area contributed by atoms with Crippen LogP contribution >= 0.6 is 15.9 Å². The first-order valence-electron chi connectivity index (χ1n) is 6.03. The lowest BCUT2D eigenvalue weighted by molar-refractivity contribution is 0.0989. The van der Waals surface area contributed by atoms with Crippen LogP contribution in [0.5, 0.6) is 0 Å². The number of hydrogen-bond donors (Lipinski definition) is 0. The van der Waals surface area contributed by atoms with E-state index in [1.54, 1.807) is 10.7 Å². The zero-order chi connectivity index (χ0) is 14.0. The van der Waals surface area contributed by atoms with Gasteiger partial charge in [-0.15, -0.1) is 0 Å². The summed E-state index contributed by atoms with van der Waals surface area (Å²) in [5, 5.41) is 4.29. The van der Waals surface area contributed by atoms with Crippen molar-refractivity contribution in [3.8, 4) is 0 Å². The van der Waals surface area contributed by atoms with Gasteiger partial charge in [0.15, 0.2) is 5.78 Å². The Bertz CT molecular complexity index is 622. The highest BCUT2D eigenvalue weighted by atomic mass is 79.9. The molecular formula is C14H14BrFN2O. The normalized spacial score (nSPS) is 10.7. The van der Waals surface area contributed by atoms with Gasteiger partial charge in [0.05, 0.1) is 12.1 Å². The van der Waals surface area contributed by atoms with Crippen molar-refractivity contribution < 1.29 is 9.18 Å². The van der Waals surface area contributed by atoms with E-state index in [9.17, 15) is 9.18 Å². The van der Waals surface area contributed by atoms with Crippen LogP contribution in [0.25, 0.3) is 0 Å². The van der Waals surface area contributed by atoms with E-state index in [-0.39, 0.29) is 12.2 Å². The molecule has 1 heterocycles. The zero-order valence-electron chi connectivity index (χ0n) is 10.8. The molecular weight excluding hydrogens is 311 g/mol. The Morgan fingerprint density at radius 2 is 2.16 bits per heavy atom. The molecule has 0 aliphatic heterocycles. The van der Waals surface area contributed by atoms with Gasteiger partial charge in [0.1, 0.15) is 5.82 Å². The molecule has 19 heavy (non-hydrogen) atoms. The van der Waals surface area contributed by atoms with Crippen molar-refractivity contribution in [3.05, 3.63) is 51.5 Å². The third kappa shape index (κ3) is 3.10. The molecule has 100 valence electrons. The molecule has 0 aliphatic carbocycles. The van der Waals surface area contributed by atoms with Gasteiger partial charge in [-0.2, -0.15) is 5.10 Å². The van der Waals surface area contributed by atoms with Crippen molar-refractivity contribution in [2.45, 2.75) is 26.8 Å². The molecule has 0 radical (unpaired) electrons. The summed E-state index contributed by atoms with van der Waals surface area (Å²) in [6.07, 6.45) is 0.219. The largest absolute Gasteiger partial charge is 0.294 e. The second-order valence-corrected chi connectivity index (χ2v) is 5.17. The third-order valence-corrected chi connectivity index (χ3v) is 3.55. The average Bonchev–Trinajstić information content (AvgIpc) is 2.72. The van der Waals surface area contributed by atoms with Crippen LogP contribution in [0.2, 0.25) is 0 Å². The summed E-state index contributed by atoms with van der Waals surface area (Å²) in [6.45, 7) is 4.57. The molecule has 0 amide bonds. The molecule has 0 saturated carbocycles. The fraction of sp³-hybridized carbons (Fsp3) is 0.286. The van der Waals surface area contributed by atoms with Gasteiger partial charge in [-0.3, -0.25) is 9.48 Å². The summed E-state index contributed by atoms with van der Waals surface area (Å²) in [5.74, 6) is -0.535. The van der Waals surface area contributed by atoms with Gasteiger partial charge in [0, 0.05) is 22.3 Å². The minimum absolute atomic E-state index is 0.124. The van der Waals surface area contributed by atoms with Crippen LogP contribution in [-0.4, -0.2) is 15.6 Å². The fourth-order valence-corrected chi connectivity index (χ4v) is 2.45. The Morgan fingerprint density at radius 3 is 2.84 bits per heavy atom. The van der Waals surface area contributed by atoms with Crippen molar-refractivity contribution in [2.75, 3.05) is 0 Å². The molecule has 0 atom stereocenters. The lowest BCUT2D eigenvalue weighted by Gasteiger charge is -2.06. The van der Waals surface area contributed by atoms with Crippen LogP contribution < -0.4 is 0 Å². The summed E-state index contributed by atoms with van der Waals surface area (Å²) in [5.41, 5.74) is 2.09. The van der Waals surface area contributed by atoms with Crippen LogP contribution in [0.1, 0.15) is 28.7 Å². The van der Waals surface area contributed by atoms with Crippen LogP contribution in [0.3, 0.4) is 0 Å². The Kier molecular flexibility index (Phi) is 4.14. The Morgan fingerprint density at radius 1 is 1.42 bits per heavy atom. The number of hydrogen-bond acceptors (Lipinski definition) is 2. The van der Waals surface area contributed by atoms with E-state index < -0.39 is 5.82 Å². The van der Waals surface area contributed by atoms with Gasteiger partial charge in [0.2, 0.25) is 0 Å². The van der Waals surface area contributed by atoms with Gasteiger partial charge in [-0.25, -0.2) is 4.39 Å². The second-order valence-electron chi connectivity index (χ2n) is 4.32. The number of benzene rings is 1. The molecule has 3 nitrogen and oxygen atoms in total. The number of aromatic nitrogens is 2. The Hall–Kier alpha value is -1.49. The first-order valence-corrected chi connectivity index (χ1v) is 6.82. The van der Waals surface area contributed by atoms with Crippen molar-refractivity contribution >= 4 is 21.7 Å². The van der Waals surface area contributed by atoms with Gasteiger partial charge < -0.3 is 0 Å². The summed E-state index contributed by atoms with van der Waals surface area (Å²) >= 11 is 3.28.